The molecule has 2 fully saturated rings. The molecule has 1 aromatic heterocycles. The zero-order chi connectivity index (χ0) is 30.0. The van der Waals surface area contributed by atoms with Gasteiger partial charge in [0.25, 0.3) is 11.8 Å². The second kappa shape index (κ2) is 12.2. The Morgan fingerprint density at radius 3 is 2.40 bits per heavy atom. The van der Waals surface area contributed by atoms with Gasteiger partial charge in [-0.25, -0.2) is 13.4 Å². The Labute approximate surface area is 248 Å². The van der Waals surface area contributed by atoms with E-state index in [-0.39, 0.29) is 17.5 Å². The molecule has 2 saturated heterocycles. The Balaban J connectivity index is 1.37. The number of hydrogen-bond donors (Lipinski definition) is 1. The first-order valence-corrected chi connectivity index (χ1v) is 15.2. The number of hydrogen-bond acceptors (Lipinski definition) is 9. The molecule has 12 nitrogen and oxygen atoms in total. The Kier molecular flexibility index (Phi) is 8.64. The molecular formula is C28H31ClN6O6S. The fourth-order valence-corrected chi connectivity index (χ4v) is 7.04. The number of carbonyl (C=O) groups excluding carboxylic acids is 3. The number of piperidine rings is 1. The topological polar surface area (TPSA) is 132 Å². The number of benzene rings is 2. The Morgan fingerprint density at radius 2 is 1.71 bits per heavy atom. The Bertz CT molecular complexity index is 1600. The Hall–Kier alpha value is -3.78. The maximum absolute atomic E-state index is 13.7. The summed E-state index contributed by atoms with van der Waals surface area (Å²) in [7, 11) is -2.45. The van der Waals surface area contributed by atoms with Crippen LogP contribution >= 0.6 is 11.6 Å². The first-order chi connectivity index (χ1) is 20.0. The van der Waals surface area contributed by atoms with Crippen LogP contribution in [0.3, 0.4) is 0 Å². The maximum atomic E-state index is 13.7. The van der Waals surface area contributed by atoms with E-state index in [1.54, 1.807) is 48.7 Å². The molecule has 222 valence electrons. The molecule has 0 aliphatic carbocycles. The van der Waals surface area contributed by atoms with Crippen LogP contribution in [0.4, 0.5) is 5.69 Å². The summed E-state index contributed by atoms with van der Waals surface area (Å²) >= 11 is 6.06. The van der Waals surface area contributed by atoms with E-state index in [9.17, 15) is 22.8 Å². The molecule has 1 unspecified atom stereocenters. The lowest BCUT2D eigenvalue weighted by atomic mass is 10.0. The third-order valence-electron chi connectivity index (χ3n) is 7.61. The molecular weight excluding hydrogens is 584 g/mol. The van der Waals surface area contributed by atoms with Crippen molar-refractivity contribution < 1.29 is 27.6 Å². The number of sulfonamides is 1. The largest absolute Gasteiger partial charge is 0.371 e. The van der Waals surface area contributed by atoms with E-state index in [1.807, 2.05) is 12.1 Å². The lowest BCUT2D eigenvalue weighted by Crippen LogP contribution is -2.68. The van der Waals surface area contributed by atoms with Crippen molar-refractivity contribution in [1.29, 1.82) is 0 Å². The van der Waals surface area contributed by atoms with Crippen LogP contribution in [-0.4, -0.2) is 90.8 Å². The van der Waals surface area contributed by atoms with Gasteiger partial charge < -0.3 is 9.74 Å². The number of hydrazine groups is 1. The van der Waals surface area contributed by atoms with Gasteiger partial charge in [0.05, 0.1) is 11.4 Å². The summed E-state index contributed by atoms with van der Waals surface area (Å²) in [6.07, 6.45) is 4.87. The van der Waals surface area contributed by atoms with Gasteiger partial charge in [-0.15, -0.1) is 0 Å². The molecule has 3 heterocycles. The molecule has 1 N–H and O–H groups in total. The number of aromatic nitrogens is 1. The molecule has 2 amide bonds. The van der Waals surface area contributed by atoms with Crippen LogP contribution in [0.25, 0.3) is 10.8 Å². The zero-order valence-electron chi connectivity index (χ0n) is 23.1. The van der Waals surface area contributed by atoms with E-state index < -0.39 is 40.4 Å². The highest BCUT2D eigenvalue weighted by Gasteiger charge is 2.45. The van der Waals surface area contributed by atoms with E-state index in [2.05, 4.69) is 15.4 Å². The predicted octanol–water partition coefficient (Wildman–Crippen LogP) is 2.20. The predicted molar refractivity (Wildman–Crippen MR) is 155 cm³/mol. The molecule has 0 spiro atoms. The minimum Gasteiger partial charge on any atom is -0.371 e. The van der Waals surface area contributed by atoms with Gasteiger partial charge in [-0.2, -0.15) is 9.79 Å². The van der Waals surface area contributed by atoms with E-state index in [0.717, 1.165) is 35.4 Å². The van der Waals surface area contributed by atoms with Gasteiger partial charge >= 0.3 is 5.97 Å². The summed E-state index contributed by atoms with van der Waals surface area (Å²) in [6.45, 7) is 1.77. The molecule has 5 rings (SSSR count). The highest BCUT2D eigenvalue weighted by atomic mass is 35.5. The highest BCUT2D eigenvalue weighted by molar-refractivity contribution is 7.89. The number of hydroxylamine groups is 1. The quantitative estimate of drug-likeness (QED) is 0.415. The number of piperazine rings is 1. The number of anilines is 1. The third-order valence-corrected chi connectivity index (χ3v) is 9.65. The van der Waals surface area contributed by atoms with E-state index >= 15 is 0 Å². The summed E-state index contributed by atoms with van der Waals surface area (Å²) < 4.78 is 28.4. The van der Waals surface area contributed by atoms with Crippen LogP contribution in [0.2, 0.25) is 5.02 Å². The van der Waals surface area contributed by atoms with Gasteiger partial charge in [0.1, 0.15) is 6.04 Å². The second-order valence-corrected chi connectivity index (χ2v) is 12.6. The first kappa shape index (κ1) is 29.7. The zero-order valence-corrected chi connectivity index (χ0v) is 24.7. The van der Waals surface area contributed by atoms with Crippen molar-refractivity contribution in [3.05, 3.63) is 65.9 Å². The third kappa shape index (κ3) is 6.19. The van der Waals surface area contributed by atoms with Crippen molar-refractivity contribution in [1.82, 2.24) is 24.8 Å². The minimum atomic E-state index is -4.17. The number of pyridine rings is 1. The normalized spacial score (nSPS) is 18.9. The molecule has 2 aliphatic rings. The van der Waals surface area contributed by atoms with Gasteiger partial charge in [-0.1, -0.05) is 23.7 Å². The first-order valence-electron chi connectivity index (χ1n) is 13.4. The molecule has 2 aliphatic heterocycles. The van der Waals surface area contributed by atoms with Gasteiger partial charge in [0, 0.05) is 62.8 Å². The molecule has 1 atom stereocenters. The summed E-state index contributed by atoms with van der Waals surface area (Å²) in [6, 6.07) is 12.2. The van der Waals surface area contributed by atoms with Crippen molar-refractivity contribution in [2.24, 2.45) is 0 Å². The van der Waals surface area contributed by atoms with Crippen molar-refractivity contribution in [2.45, 2.75) is 36.7 Å². The second-order valence-electron chi connectivity index (χ2n) is 10.3. The Morgan fingerprint density at radius 1 is 1.05 bits per heavy atom. The average Bonchev–Trinajstić information content (AvgIpc) is 2.99. The van der Waals surface area contributed by atoms with Gasteiger partial charge in [-0.05, 0) is 60.0 Å². The van der Waals surface area contributed by atoms with Crippen LogP contribution in [0.1, 0.15) is 19.8 Å². The molecule has 0 radical (unpaired) electrons. The molecule has 42 heavy (non-hydrogen) atoms. The number of amides is 2. The molecule has 2 aromatic carbocycles. The summed E-state index contributed by atoms with van der Waals surface area (Å²) in [5, 5.41) is 4.95. The van der Waals surface area contributed by atoms with Crippen molar-refractivity contribution in [3.63, 3.8) is 0 Å². The molecule has 3 aromatic rings. The highest BCUT2D eigenvalue weighted by Crippen LogP contribution is 2.29. The van der Waals surface area contributed by atoms with Crippen LogP contribution in [0.15, 0.2) is 65.8 Å². The number of carbonyl (C=O) groups is 3. The van der Waals surface area contributed by atoms with E-state index in [1.165, 1.54) is 17.1 Å². The summed E-state index contributed by atoms with van der Waals surface area (Å²) in [5.74, 6) is -2.14. The maximum Gasteiger partial charge on any atom is 0.329 e. The van der Waals surface area contributed by atoms with Crippen LogP contribution in [0, 0.1) is 0 Å². The molecule has 14 heteroatoms. The van der Waals surface area contributed by atoms with Crippen molar-refractivity contribution in [2.75, 3.05) is 38.1 Å². The van der Waals surface area contributed by atoms with E-state index in [0.29, 0.717) is 23.3 Å². The molecule has 0 saturated carbocycles. The minimum absolute atomic E-state index is 0.0189. The number of rotatable bonds is 6. The number of fused-ring (bicyclic) bond motifs is 1. The lowest BCUT2D eigenvalue weighted by molar-refractivity contribution is -0.176. The monoisotopic (exact) mass is 614 g/mol. The van der Waals surface area contributed by atoms with Crippen LogP contribution in [-0.2, 0) is 29.2 Å². The average molecular weight is 615 g/mol. The smallest absolute Gasteiger partial charge is 0.329 e. The standard InChI is InChI=1S/C28H31ClN6O6S/c1-19(36)41-31-28(38)26-17-34(42(39,40)25-6-4-20-15-22(29)5-3-21(20)16-25)18-27(37)35(26)32(2)23-9-13-33(14-10-23)24-7-11-30-12-8-24/h3-8,11-12,15-16,23,26H,9-10,13-14,17-18H2,1-2H3,(H,31,38). The fraction of sp³-hybridized carbons (Fsp3) is 0.357. The summed E-state index contributed by atoms with van der Waals surface area (Å²) in [5.41, 5.74) is 3.13. The van der Waals surface area contributed by atoms with Gasteiger partial charge in [0.15, 0.2) is 0 Å². The molecule has 0 bridgehead atoms. The SMILES string of the molecule is CC(=O)ONC(=O)C1CN(S(=O)(=O)c2ccc3cc(Cl)ccc3c2)CC(=O)N1N(C)C1CCN(c2ccncc2)CC1. The van der Waals surface area contributed by atoms with Gasteiger partial charge in [0.2, 0.25) is 10.0 Å². The van der Waals surface area contributed by atoms with Crippen molar-refractivity contribution in [3.8, 4) is 0 Å². The van der Waals surface area contributed by atoms with Crippen LogP contribution < -0.4 is 10.4 Å². The number of halogens is 1. The fourth-order valence-electron chi connectivity index (χ4n) is 5.43. The number of nitrogens with zero attached hydrogens (tertiary/aromatic N) is 5. The van der Waals surface area contributed by atoms with Crippen LogP contribution in [0.5, 0.6) is 0 Å². The summed E-state index contributed by atoms with van der Waals surface area (Å²) in [4.78, 5) is 49.2. The van der Waals surface area contributed by atoms with Crippen molar-refractivity contribution >= 4 is 55.9 Å². The van der Waals surface area contributed by atoms with E-state index in [4.69, 9.17) is 16.4 Å². The van der Waals surface area contributed by atoms with Gasteiger partial charge in [-0.3, -0.25) is 24.4 Å². The number of nitrogens with one attached hydrogen (secondary N) is 1. The lowest BCUT2D eigenvalue weighted by Gasteiger charge is -2.47.